The van der Waals surface area contributed by atoms with E-state index in [1.807, 2.05) is 37.3 Å². The zero-order valence-electron chi connectivity index (χ0n) is 19.5. The van der Waals surface area contributed by atoms with Gasteiger partial charge in [-0.25, -0.2) is 4.79 Å². The van der Waals surface area contributed by atoms with Crippen molar-refractivity contribution in [3.05, 3.63) is 81.0 Å². The molecular formula is C25H30N4O5. The average molecular weight is 467 g/mol. The first-order valence-corrected chi connectivity index (χ1v) is 11.2. The van der Waals surface area contributed by atoms with Crippen molar-refractivity contribution in [2.45, 2.75) is 32.7 Å². The van der Waals surface area contributed by atoms with Gasteiger partial charge in [-0.2, -0.15) is 0 Å². The first kappa shape index (κ1) is 24.6. The van der Waals surface area contributed by atoms with Gasteiger partial charge in [0.1, 0.15) is 17.3 Å². The van der Waals surface area contributed by atoms with Gasteiger partial charge in [-0.05, 0) is 42.7 Å². The number of aromatic nitrogens is 2. The fourth-order valence-corrected chi connectivity index (χ4v) is 3.57. The first-order valence-electron chi connectivity index (χ1n) is 11.2. The molecule has 0 radical (unpaired) electrons. The summed E-state index contributed by atoms with van der Waals surface area (Å²) in [5.74, 6) is 1.11. The molecule has 0 unspecified atom stereocenters. The summed E-state index contributed by atoms with van der Waals surface area (Å²) in [5.41, 5.74) is 5.82. The molecule has 34 heavy (non-hydrogen) atoms. The summed E-state index contributed by atoms with van der Waals surface area (Å²) in [4.78, 5) is 41.8. The minimum absolute atomic E-state index is 0.00143. The Kier molecular flexibility index (Phi) is 8.50. The summed E-state index contributed by atoms with van der Waals surface area (Å²) in [6.45, 7) is 2.71. The molecule has 180 valence electrons. The molecule has 0 aliphatic rings. The summed E-state index contributed by atoms with van der Waals surface area (Å²) in [6, 6.07) is 16.5. The number of anilines is 2. The third kappa shape index (κ3) is 6.06. The molecule has 0 saturated heterocycles. The highest BCUT2D eigenvalue weighted by atomic mass is 16.5. The standard InChI is InChI=1S/C25H30N4O5/c1-3-15-28(21(30)10-7-16-34-20-13-11-19(33-2)12-14-20)22-23(26)29(25(32)27-24(22)31)17-18-8-5-4-6-9-18/h4-6,8-9,11-14H,3,7,10,15-17,26H2,1-2H3,(H,27,31,32). The van der Waals surface area contributed by atoms with E-state index in [-0.39, 0.29) is 30.4 Å². The Morgan fingerprint density at radius 3 is 2.38 bits per heavy atom. The maximum Gasteiger partial charge on any atom is 0.330 e. The number of rotatable bonds is 11. The average Bonchev–Trinajstić information content (AvgIpc) is 2.84. The number of H-pyrrole nitrogens is 1. The van der Waals surface area contributed by atoms with Crippen LogP contribution in [0.1, 0.15) is 31.7 Å². The Balaban J connectivity index is 1.73. The first-order chi connectivity index (χ1) is 16.4. The number of carbonyl (C=O) groups is 1. The fourth-order valence-electron chi connectivity index (χ4n) is 3.57. The van der Waals surface area contributed by atoms with Crippen molar-refractivity contribution in [1.29, 1.82) is 0 Å². The highest BCUT2D eigenvalue weighted by Gasteiger charge is 2.23. The molecule has 1 amide bonds. The van der Waals surface area contributed by atoms with Gasteiger partial charge in [0, 0.05) is 13.0 Å². The van der Waals surface area contributed by atoms with Gasteiger partial charge in [-0.3, -0.25) is 19.1 Å². The van der Waals surface area contributed by atoms with Crippen LogP contribution < -0.4 is 31.4 Å². The lowest BCUT2D eigenvalue weighted by atomic mass is 10.2. The van der Waals surface area contributed by atoms with Crippen LogP contribution in [0.15, 0.2) is 64.2 Å². The molecule has 3 N–H and O–H groups in total. The van der Waals surface area contributed by atoms with Gasteiger partial charge in [0.05, 0.1) is 20.3 Å². The number of hydrogen-bond donors (Lipinski definition) is 2. The van der Waals surface area contributed by atoms with Crippen molar-refractivity contribution >= 4 is 17.4 Å². The Labute approximate surface area is 197 Å². The zero-order chi connectivity index (χ0) is 24.5. The largest absolute Gasteiger partial charge is 0.497 e. The summed E-state index contributed by atoms with van der Waals surface area (Å²) in [5, 5.41) is 0. The van der Waals surface area contributed by atoms with E-state index in [0.717, 1.165) is 11.3 Å². The van der Waals surface area contributed by atoms with Gasteiger partial charge in [0.15, 0.2) is 5.69 Å². The number of nitrogens with two attached hydrogens (primary N) is 1. The third-order valence-corrected chi connectivity index (χ3v) is 5.28. The third-order valence-electron chi connectivity index (χ3n) is 5.28. The van der Waals surface area contributed by atoms with Crippen molar-refractivity contribution in [3.63, 3.8) is 0 Å². The monoisotopic (exact) mass is 466 g/mol. The van der Waals surface area contributed by atoms with Gasteiger partial charge in [0.25, 0.3) is 5.56 Å². The lowest BCUT2D eigenvalue weighted by Gasteiger charge is -2.24. The molecule has 3 rings (SSSR count). The maximum atomic E-state index is 13.0. The second kappa shape index (κ2) is 11.7. The SMILES string of the molecule is CCCN(C(=O)CCCOc1ccc(OC)cc1)c1c(N)n(Cc2ccccc2)c(=O)[nH]c1=O. The number of carbonyl (C=O) groups excluding carboxylic acids is 1. The van der Waals surface area contributed by atoms with Crippen LogP contribution in [0.3, 0.4) is 0 Å². The van der Waals surface area contributed by atoms with Gasteiger partial charge in [-0.15, -0.1) is 0 Å². The number of nitrogen functional groups attached to an aromatic ring is 1. The van der Waals surface area contributed by atoms with Crippen LogP contribution in [0.2, 0.25) is 0 Å². The lowest BCUT2D eigenvalue weighted by Crippen LogP contribution is -2.41. The predicted molar refractivity (Wildman–Crippen MR) is 132 cm³/mol. The van der Waals surface area contributed by atoms with Crippen LogP contribution in [0, 0.1) is 0 Å². The Bertz CT molecular complexity index is 1200. The van der Waals surface area contributed by atoms with E-state index in [2.05, 4.69) is 4.98 Å². The molecule has 0 bridgehead atoms. The van der Waals surface area contributed by atoms with E-state index in [0.29, 0.717) is 31.7 Å². The Morgan fingerprint density at radius 2 is 1.74 bits per heavy atom. The fraction of sp³-hybridized carbons (Fsp3) is 0.320. The molecule has 0 aliphatic carbocycles. The molecule has 3 aromatic rings. The van der Waals surface area contributed by atoms with Crippen molar-refractivity contribution in [2.75, 3.05) is 30.9 Å². The second-order valence-corrected chi connectivity index (χ2v) is 7.74. The normalized spacial score (nSPS) is 10.6. The zero-order valence-corrected chi connectivity index (χ0v) is 19.5. The van der Waals surface area contributed by atoms with Crippen molar-refractivity contribution in [3.8, 4) is 11.5 Å². The van der Waals surface area contributed by atoms with E-state index >= 15 is 0 Å². The number of nitrogens with zero attached hydrogens (tertiary/aromatic N) is 2. The van der Waals surface area contributed by atoms with Crippen LogP contribution in [-0.4, -0.2) is 35.7 Å². The molecule has 1 aromatic heterocycles. The minimum atomic E-state index is -0.678. The lowest BCUT2D eigenvalue weighted by molar-refractivity contribution is -0.118. The number of benzene rings is 2. The molecule has 2 aromatic carbocycles. The van der Waals surface area contributed by atoms with Crippen LogP contribution >= 0.6 is 0 Å². The van der Waals surface area contributed by atoms with Gasteiger partial charge in [0.2, 0.25) is 5.91 Å². The van der Waals surface area contributed by atoms with E-state index in [1.165, 1.54) is 9.47 Å². The number of aromatic amines is 1. The smallest absolute Gasteiger partial charge is 0.330 e. The molecule has 0 aliphatic heterocycles. The highest BCUT2D eigenvalue weighted by molar-refractivity contribution is 5.95. The van der Waals surface area contributed by atoms with Crippen LogP contribution in [-0.2, 0) is 11.3 Å². The summed E-state index contributed by atoms with van der Waals surface area (Å²) < 4.78 is 12.1. The van der Waals surface area contributed by atoms with E-state index < -0.39 is 11.2 Å². The number of nitrogens with one attached hydrogen (secondary N) is 1. The molecule has 0 atom stereocenters. The van der Waals surface area contributed by atoms with E-state index in [4.69, 9.17) is 15.2 Å². The molecule has 9 heteroatoms. The van der Waals surface area contributed by atoms with E-state index in [9.17, 15) is 14.4 Å². The van der Waals surface area contributed by atoms with Crippen molar-refractivity contribution in [2.24, 2.45) is 0 Å². The van der Waals surface area contributed by atoms with Crippen LogP contribution in [0.4, 0.5) is 11.5 Å². The van der Waals surface area contributed by atoms with Crippen LogP contribution in [0.5, 0.6) is 11.5 Å². The second-order valence-electron chi connectivity index (χ2n) is 7.74. The Morgan fingerprint density at radius 1 is 1.06 bits per heavy atom. The topological polar surface area (TPSA) is 120 Å². The number of amides is 1. The molecule has 9 nitrogen and oxygen atoms in total. The molecule has 0 saturated carbocycles. The number of ether oxygens (including phenoxy) is 2. The van der Waals surface area contributed by atoms with Crippen molar-refractivity contribution < 1.29 is 14.3 Å². The molecule has 0 fully saturated rings. The quantitative estimate of drug-likeness (QED) is 0.420. The number of methoxy groups -OCH3 is 1. The summed E-state index contributed by atoms with van der Waals surface area (Å²) in [7, 11) is 1.59. The highest BCUT2D eigenvalue weighted by Crippen LogP contribution is 2.20. The van der Waals surface area contributed by atoms with Crippen LogP contribution in [0.25, 0.3) is 0 Å². The molecule has 1 heterocycles. The number of hydrogen-bond acceptors (Lipinski definition) is 6. The van der Waals surface area contributed by atoms with Gasteiger partial charge in [-0.1, -0.05) is 37.3 Å². The van der Waals surface area contributed by atoms with E-state index in [1.54, 1.807) is 31.4 Å². The maximum absolute atomic E-state index is 13.0. The molecular weight excluding hydrogens is 436 g/mol. The summed E-state index contributed by atoms with van der Waals surface area (Å²) in [6.07, 6.45) is 1.23. The van der Waals surface area contributed by atoms with Crippen molar-refractivity contribution in [1.82, 2.24) is 9.55 Å². The predicted octanol–water partition coefficient (Wildman–Crippen LogP) is 2.78. The molecule has 0 spiro atoms. The van der Waals surface area contributed by atoms with Gasteiger partial charge < -0.3 is 20.1 Å². The minimum Gasteiger partial charge on any atom is -0.497 e. The summed E-state index contributed by atoms with van der Waals surface area (Å²) >= 11 is 0. The van der Waals surface area contributed by atoms with Gasteiger partial charge >= 0.3 is 5.69 Å². The Hall–Kier alpha value is -4.01.